The number of primary amides is 1. The van der Waals surface area contributed by atoms with Gasteiger partial charge >= 0.3 is 6.09 Å². The number of rotatable bonds is 6. The van der Waals surface area contributed by atoms with Gasteiger partial charge in [0.1, 0.15) is 17.3 Å². The topological polar surface area (TPSA) is 108 Å². The van der Waals surface area contributed by atoms with Crippen molar-refractivity contribution in [1.29, 1.82) is 0 Å². The first-order chi connectivity index (χ1) is 15.8. The molecule has 1 aliphatic heterocycles. The quantitative estimate of drug-likeness (QED) is 0.675. The summed E-state index contributed by atoms with van der Waals surface area (Å²) >= 11 is 0. The van der Waals surface area contributed by atoms with Gasteiger partial charge in [0.25, 0.3) is 0 Å². The smallest absolute Gasteiger partial charge is 0.406 e. The second-order valence-corrected chi connectivity index (χ2v) is 10.2. The molecule has 178 valence electrons. The number of nitrogens with two attached hydrogens (primary N) is 1. The highest BCUT2D eigenvalue weighted by Crippen LogP contribution is 2.43. The molecule has 1 saturated carbocycles. The van der Waals surface area contributed by atoms with E-state index in [2.05, 4.69) is 0 Å². The fraction of sp³-hybridized carbons (Fsp3) is 0.435. The molecule has 1 heterocycles. The van der Waals surface area contributed by atoms with Crippen LogP contribution >= 0.6 is 0 Å². The van der Waals surface area contributed by atoms with Crippen LogP contribution in [0.4, 0.5) is 9.18 Å². The lowest BCUT2D eigenvalue weighted by Gasteiger charge is -2.46. The minimum Gasteiger partial charge on any atom is -0.457 e. The lowest BCUT2D eigenvalue weighted by molar-refractivity contribution is -0.0879. The van der Waals surface area contributed by atoms with Crippen molar-refractivity contribution in [2.75, 3.05) is 13.7 Å². The Labute approximate surface area is 192 Å². The van der Waals surface area contributed by atoms with Crippen LogP contribution in [-0.4, -0.2) is 44.8 Å². The monoisotopic (exact) mass is 478 g/mol. The summed E-state index contributed by atoms with van der Waals surface area (Å²) in [7, 11) is -2.29. The number of hydrogen-bond donors (Lipinski definition) is 1. The SMILES string of the molecule is COC1CCC2C(CCN(S(=O)(=O)c3ccc(Oc4ccc(F)cc4)cc3)C2OC(N)=O)C1. The Balaban J connectivity index is 1.54. The minimum atomic E-state index is -3.96. The van der Waals surface area contributed by atoms with E-state index in [9.17, 15) is 17.6 Å². The average Bonchev–Trinajstić information content (AvgIpc) is 2.80. The Morgan fingerprint density at radius 3 is 2.27 bits per heavy atom. The van der Waals surface area contributed by atoms with E-state index in [4.69, 9.17) is 19.9 Å². The molecular formula is C23H27FN2O6S. The molecule has 2 aromatic carbocycles. The van der Waals surface area contributed by atoms with Crippen LogP contribution in [0.5, 0.6) is 11.5 Å². The van der Waals surface area contributed by atoms with E-state index in [1.54, 1.807) is 7.11 Å². The number of hydrogen-bond acceptors (Lipinski definition) is 6. The minimum absolute atomic E-state index is 0.0519. The maximum Gasteiger partial charge on any atom is 0.406 e. The molecule has 0 aromatic heterocycles. The zero-order valence-corrected chi connectivity index (χ0v) is 19.0. The summed E-state index contributed by atoms with van der Waals surface area (Å²) in [5.74, 6) is 0.494. The van der Waals surface area contributed by atoms with Crippen LogP contribution in [-0.2, 0) is 19.5 Å². The molecule has 2 N–H and O–H groups in total. The summed E-state index contributed by atoms with van der Waals surface area (Å²) in [4.78, 5) is 11.7. The van der Waals surface area contributed by atoms with E-state index >= 15 is 0 Å². The Kier molecular flexibility index (Phi) is 6.87. The molecule has 1 aliphatic carbocycles. The molecule has 1 amide bonds. The number of fused-ring (bicyclic) bond motifs is 1. The summed E-state index contributed by atoms with van der Waals surface area (Å²) in [5.41, 5.74) is 5.30. The van der Waals surface area contributed by atoms with Gasteiger partial charge in [-0.1, -0.05) is 0 Å². The van der Waals surface area contributed by atoms with Gasteiger partial charge < -0.3 is 19.9 Å². The van der Waals surface area contributed by atoms with Crippen molar-refractivity contribution in [3.63, 3.8) is 0 Å². The number of piperidine rings is 1. The number of methoxy groups -OCH3 is 1. The normalized spacial score (nSPS) is 25.8. The molecule has 33 heavy (non-hydrogen) atoms. The van der Waals surface area contributed by atoms with Crippen LogP contribution in [0.3, 0.4) is 0 Å². The molecule has 4 rings (SSSR count). The first-order valence-corrected chi connectivity index (χ1v) is 12.3. The summed E-state index contributed by atoms with van der Waals surface area (Å²) in [5, 5.41) is 0. The second-order valence-electron chi connectivity index (χ2n) is 8.35. The lowest BCUT2D eigenvalue weighted by atomic mass is 9.73. The number of sulfonamides is 1. The van der Waals surface area contributed by atoms with Gasteiger partial charge in [0.05, 0.1) is 11.0 Å². The molecule has 1 saturated heterocycles. The zero-order valence-electron chi connectivity index (χ0n) is 18.2. The number of carbonyl (C=O) groups excluding carboxylic acids is 1. The summed E-state index contributed by atoms with van der Waals surface area (Å²) in [6, 6.07) is 11.4. The molecule has 2 aromatic rings. The Morgan fingerprint density at radius 2 is 1.67 bits per heavy atom. The van der Waals surface area contributed by atoms with E-state index in [0.29, 0.717) is 24.3 Å². The summed E-state index contributed by atoms with van der Waals surface area (Å²) < 4.78 is 57.7. The largest absolute Gasteiger partial charge is 0.457 e. The van der Waals surface area contributed by atoms with Crippen LogP contribution in [0.2, 0.25) is 0 Å². The second kappa shape index (κ2) is 9.66. The van der Waals surface area contributed by atoms with Gasteiger partial charge in [0, 0.05) is 19.6 Å². The van der Waals surface area contributed by atoms with Crippen molar-refractivity contribution in [3.8, 4) is 11.5 Å². The highest BCUT2D eigenvalue weighted by molar-refractivity contribution is 7.89. The van der Waals surface area contributed by atoms with Crippen molar-refractivity contribution in [2.24, 2.45) is 17.6 Å². The molecule has 4 atom stereocenters. The van der Waals surface area contributed by atoms with Gasteiger partial charge in [-0.3, -0.25) is 0 Å². The number of halogens is 1. The molecule has 2 fully saturated rings. The molecule has 4 unspecified atom stereocenters. The van der Waals surface area contributed by atoms with Crippen LogP contribution in [0.1, 0.15) is 25.7 Å². The van der Waals surface area contributed by atoms with Gasteiger partial charge in [-0.05, 0) is 80.1 Å². The maximum atomic E-state index is 13.5. The van der Waals surface area contributed by atoms with E-state index in [-0.39, 0.29) is 35.2 Å². The summed E-state index contributed by atoms with van der Waals surface area (Å²) in [6.45, 7) is 0.214. The number of benzene rings is 2. The van der Waals surface area contributed by atoms with Gasteiger partial charge in [-0.15, -0.1) is 0 Å². The number of carbonyl (C=O) groups is 1. The predicted molar refractivity (Wildman–Crippen MR) is 118 cm³/mol. The molecule has 0 spiro atoms. The first-order valence-electron chi connectivity index (χ1n) is 10.8. The fourth-order valence-electron chi connectivity index (χ4n) is 4.78. The lowest BCUT2D eigenvalue weighted by Crippen LogP contribution is -2.55. The standard InChI is InChI=1S/C23H27FN2O6S/c1-30-19-8-11-21-15(14-19)12-13-26(22(21)32-23(25)27)33(28,29)20-9-6-18(7-10-20)31-17-4-2-16(24)3-5-17/h2-7,9-10,15,19,21-22H,8,11-14H2,1H3,(H2,25,27). The van der Waals surface area contributed by atoms with Crippen LogP contribution in [0.15, 0.2) is 53.4 Å². The zero-order chi connectivity index (χ0) is 23.6. The molecular weight excluding hydrogens is 451 g/mol. The Hall–Kier alpha value is -2.69. The van der Waals surface area contributed by atoms with Crippen molar-refractivity contribution in [2.45, 2.75) is 42.9 Å². The van der Waals surface area contributed by atoms with Gasteiger partial charge in [0.2, 0.25) is 10.0 Å². The fourth-order valence-corrected chi connectivity index (χ4v) is 6.35. The van der Waals surface area contributed by atoms with E-state index < -0.39 is 22.3 Å². The van der Waals surface area contributed by atoms with E-state index in [1.165, 1.54) is 52.8 Å². The van der Waals surface area contributed by atoms with Crippen molar-refractivity contribution < 1.29 is 31.8 Å². The number of nitrogens with zero attached hydrogens (tertiary/aromatic N) is 1. The van der Waals surface area contributed by atoms with Gasteiger partial charge in [0.15, 0.2) is 6.23 Å². The van der Waals surface area contributed by atoms with Crippen LogP contribution in [0.25, 0.3) is 0 Å². The third-order valence-electron chi connectivity index (χ3n) is 6.41. The average molecular weight is 479 g/mol. The third kappa shape index (κ3) is 5.13. The molecule has 0 radical (unpaired) electrons. The Morgan fingerprint density at radius 1 is 1.03 bits per heavy atom. The summed E-state index contributed by atoms with van der Waals surface area (Å²) in [6.07, 6.45) is 1.04. The van der Waals surface area contributed by atoms with Crippen LogP contribution in [0, 0.1) is 17.7 Å². The van der Waals surface area contributed by atoms with Gasteiger partial charge in [-0.25, -0.2) is 17.6 Å². The maximum absolute atomic E-state index is 13.5. The van der Waals surface area contributed by atoms with Crippen molar-refractivity contribution in [1.82, 2.24) is 4.31 Å². The predicted octanol–water partition coefficient (Wildman–Crippen LogP) is 3.87. The highest BCUT2D eigenvalue weighted by atomic mass is 32.2. The first kappa shape index (κ1) is 23.5. The van der Waals surface area contributed by atoms with Gasteiger partial charge in [-0.2, -0.15) is 4.31 Å². The van der Waals surface area contributed by atoms with Crippen molar-refractivity contribution in [3.05, 3.63) is 54.3 Å². The molecule has 2 aliphatic rings. The number of amides is 1. The third-order valence-corrected chi connectivity index (χ3v) is 8.29. The number of ether oxygens (including phenoxy) is 3. The molecule has 10 heteroatoms. The van der Waals surface area contributed by atoms with E-state index in [0.717, 1.165) is 12.8 Å². The van der Waals surface area contributed by atoms with Crippen molar-refractivity contribution >= 4 is 16.1 Å². The molecule has 0 bridgehead atoms. The Bertz CT molecular complexity index is 1080. The van der Waals surface area contributed by atoms with E-state index in [1.807, 2.05) is 0 Å². The molecule has 8 nitrogen and oxygen atoms in total. The highest BCUT2D eigenvalue weighted by Gasteiger charge is 2.47. The van der Waals surface area contributed by atoms with Crippen LogP contribution < -0.4 is 10.5 Å².